The van der Waals surface area contributed by atoms with Crippen LogP contribution in [0.4, 0.5) is 0 Å². The molecule has 1 unspecified atom stereocenters. The summed E-state index contributed by atoms with van der Waals surface area (Å²) in [5.74, 6) is 0. The molecule has 0 radical (unpaired) electrons. The molecule has 0 saturated heterocycles. The molecule has 0 heterocycles. The summed E-state index contributed by atoms with van der Waals surface area (Å²) in [4.78, 5) is 2.19. The van der Waals surface area contributed by atoms with Crippen molar-refractivity contribution < 1.29 is 0 Å². The third-order valence-corrected chi connectivity index (χ3v) is 3.54. The van der Waals surface area contributed by atoms with Crippen molar-refractivity contribution in [1.82, 2.24) is 10.2 Å². The van der Waals surface area contributed by atoms with Crippen molar-refractivity contribution in [3.05, 3.63) is 33.8 Å². The predicted octanol–water partition coefficient (Wildman–Crippen LogP) is 3.42. The molecule has 0 amide bonds. The van der Waals surface area contributed by atoms with Gasteiger partial charge in [0.2, 0.25) is 0 Å². The number of nitrogens with one attached hydrogen (secondary N) is 1. The van der Waals surface area contributed by atoms with Crippen molar-refractivity contribution in [3.8, 4) is 0 Å². The first-order valence-corrected chi connectivity index (χ1v) is 6.57. The van der Waals surface area contributed by atoms with E-state index in [1.54, 1.807) is 0 Å². The molecular formula is C13H20Cl2N2. The predicted molar refractivity (Wildman–Crippen MR) is 75.9 cm³/mol. The van der Waals surface area contributed by atoms with Crippen LogP contribution in [-0.2, 0) is 6.54 Å². The maximum absolute atomic E-state index is 6.12. The van der Waals surface area contributed by atoms with Crippen LogP contribution in [0.25, 0.3) is 0 Å². The van der Waals surface area contributed by atoms with Crippen LogP contribution >= 0.6 is 23.2 Å². The second-order valence-corrected chi connectivity index (χ2v) is 5.37. The monoisotopic (exact) mass is 274 g/mol. The average Bonchev–Trinajstić information content (AvgIpc) is 2.28. The molecule has 1 N–H and O–H groups in total. The van der Waals surface area contributed by atoms with Crippen molar-refractivity contribution in [2.24, 2.45) is 0 Å². The standard InChI is InChI=1S/C13H20Cl2N2/c1-10(7-8-17(2)3)16-9-11-5-4-6-12(14)13(11)15/h4-6,10,16H,7-9H2,1-3H3. The highest BCUT2D eigenvalue weighted by molar-refractivity contribution is 6.42. The van der Waals surface area contributed by atoms with Crippen molar-refractivity contribution in [1.29, 1.82) is 0 Å². The second-order valence-electron chi connectivity index (χ2n) is 4.59. The minimum atomic E-state index is 0.465. The molecule has 1 aromatic carbocycles. The number of hydrogen-bond acceptors (Lipinski definition) is 2. The molecule has 0 fully saturated rings. The van der Waals surface area contributed by atoms with E-state index in [4.69, 9.17) is 23.2 Å². The number of hydrogen-bond donors (Lipinski definition) is 1. The van der Waals surface area contributed by atoms with Crippen LogP contribution in [0.5, 0.6) is 0 Å². The van der Waals surface area contributed by atoms with Gasteiger partial charge in [-0.3, -0.25) is 0 Å². The maximum Gasteiger partial charge on any atom is 0.0637 e. The van der Waals surface area contributed by atoms with E-state index in [1.807, 2.05) is 18.2 Å². The fourth-order valence-electron chi connectivity index (χ4n) is 1.52. The Bertz CT molecular complexity index is 353. The van der Waals surface area contributed by atoms with Gasteiger partial charge in [0.1, 0.15) is 0 Å². The summed E-state index contributed by atoms with van der Waals surface area (Å²) in [5.41, 5.74) is 1.05. The van der Waals surface area contributed by atoms with E-state index in [1.165, 1.54) is 0 Å². The molecule has 17 heavy (non-hydrogen) atoms. The third kappa shape index (κ3) is 5.26. The average molecular weight is 275 g/mol. The van der Waals surface area contributed by atoms with Gasteiger partial charge >= 0.3 is 0 Å². The first-order valence-electron chi connectivity index (χ1n) is 5.81. The Kier molecular flexibility index (Phi) is 6.28. The smallest absolute Gasteiger partial charge is 0.0637 e. The number of halogens is 2. The minimum absolute atomic E-state index is 0.465. The lowest BCUT2D eigenvalue weighted by molar-refractivity contribution is 0.365. The SMILES string of the molecule is CC(CCN(C)C)NCc1cccc(Cl)c1Cl. The van der Waals surface area contributed by atoms with Crippen molar-refractivity contribution in [2.75, 3.05) is 20.6 Å². The van der Waals surface area contributed by atoms with Crippen LogP contribution in [0.3, 0.4) is 0 Å². The van der Waals surface area contributed by atoms with Crippen LogP contribution in [0.1, 0.15) is 18.9 Å². The van der Waals surface area contributed by atoms with Crippen LogP contribution in [0.2, 0.25) is 10.0 Å². The lowest BCUT2D eigenvalue weighted by atomic mass is 10.2. The summed E-state index contributed by atoms with van der Waals surface area (Å²) in [5, 5.41) is 4.72. The Balaban J connectivity index is 2.42. The lowest BCUT2D eigenvalue weighted by Crippen LogP contribution is -2.29. The van der Waals surface area contributed by atoms with E-state index in [0.717, 1.165) is 25.1 Å². The molecule has 1 rings (SSSR count). The van der Waals surface area contributed by atoms with E-state index in [-0.39, 0.29) is 0 Å². The summed E-state index contributed by atoms with van der Waals surface area (Å²) >= 11 is 12.1. The van der Waals surface area contributed by atoms with Gasteiger partial charge < -0.3 is 10.2 Å². The molecule has 0 aliphatic rings. The van der Waals surface area contributed by atoms with Gasteiger partial charge in [-0.1, -0.05) is 35.3 Å². The zero-order valence-corrected chi connectivity index (χ0v) is 12.1. The van der Waals surface area contributed by atoms with Gasteiger partial charge in [-0.05, 0) is 45.6 Å². The van der Waals surface area contributed by atoms with Gasteiger partial charge in [-0.25, -0.2) is 0 Å². The summed E-state index contributed by atoms with van der Waals surface area (Å²) < 4.78 is 0. The van der Waals surface area contributed by atoms with E-state index in [0.29, 0.717) is 16.1 Å². The Morgan fingerprint density at radius 2 is 2.00 bits per heavy atom. The third-order valence-electron chi connectivity index (χ3n) is 2.68. The first kappa shape index (κ1) is 14.8. The highest BCUT2D eigenvalue weighted by atomic mass is 35.5. The first-order chi connectivity index (χ1) is 8.00. The molecule has 2 nitrogen and oxygen atoms in total. The van der Waals surface area contributed by atoms with Gasteiger partial charge in [-0.15, -0.1) is 0 Å². The summed E-state index contributed by atoms with van der Waals surface area (Å²) in [6.45, 7) is 4.02. The zero-order chi connectivity index (χ0) is 12.8. The Labute approximate surface area is 114 Å². The molecule has 0 aromatic heterocycles. The molecule has 1 atom stereocenters. The Morgan fingerprint density at radius 3 is 2.65 bits per heavy atom. The van der Waals surface area contributed by atoms with Gasteiger partial charge in [-0.2, -0.15) is 0 Å². The van der Waals surface area contributed by atoms with Gasteiger partial charge in [0.25, 0.3) is 0 Å². The van der Waals surface area contributed by atoms with E-state index >= 15 is 0 Å². The Morgan fingerprint density at radius 1 is 1.29 bits per heavy atom. The molecule has 4 heteroatoms. The van der Waals surface area contributed by atoms with E-state index in [9.17, 15) is 0 Å². The van der Waals surface area contributed by atoms with Crippen molar-refractivity contribution in [2.45, 2.75) is 25.9 Å². The largest absolute Gasteiger partial charge is 0.310 e. The lowest BCUT2D eigenvalue weighted by Gasteiger charge is -2.17. The van der Waals surface area contributed by atoms with Crippen LogP contribution in [0, 0.1) is 0 Å². The molecule has 0 aliphatic carbocycles. The fraction of sp³-hybridized carbons (Fsp3) is 0.538. The number of benzene rings is 1. The van der Waals surface area contributed by atoms with E-state index in [2.05, 4.69) is 31.2 Å². The van der Waals surface area contributed by atoms with Crippen molar-refractivity contribution >= 4 is 23.2 Å². The molecule has 0 spiro atoms. The summed E-state index contributed by atoms with van der Waals surface area (Å²) in [7, 11) is 4.17. The normalized spacial score (nSPS) is 13.1. The zero-order valence-electron chi connectivity index (χ0n) is 10.6. The second kappa shape index (κ2) is 7.22. The topological polar surface area (TPSA) is 15.3 Å². The van der Waals surface area contributed by atoms with Crippen LogP contribution < -0.4 is 5.32 Å². The van der Waals surface area contributed by atoms with Crippen LogP contribution in [-0.4, -0.2) is 31.6 Å². The van der Waals surface area contributed by atoms with E-state index < -0.39 is 0 Å². The quantitative estimate of drug-likeness (QED) is 0.855. The number of rotatable bonds is 6. The Hall–Kier alpha value is -0.280. The molecule has 0 saturated carbocycles. The molecular weight excluding hydrogens is 255 g/mol. The highest BCUT2D eigenvalue weighted by Gasteiger charge is 2.06. The highest BCUT2D eigenvalue weighted by Crippen LogP contribution is 2.25. The maximum atomic E-state index is 6.12. The van der Waals surface area contributed by atoms with Gasteiger partial charge in [0.05, 0.1) is 10.0 Å². The van der Waals surface area contributed by atoms with Crippen molar-refractivity contribution in [3.63, 3.8) is 0 Å². The number of nitrogens with zero attached hydrogens (tertiary/aromatic N) is 1. The molecule has 96 valence electrons. The van der Waals surface area contributed by atoms with Gasteiger partial charge in [0, 0.05) is 12.6 Å². The summed E-state index contributed by atoms with van der Waals surface area (Å²) in [6, 6.07) is 6.20. The molecule has 0 bridgehead atoms. The van der Waals surface area contributed by atoms with Crippen LogP contribution in [0.15, 0.2) is 18.2 Å². The van der Waals surface area contributed by atoms with Gasteiger partial charge in [0.15, 0.2) is 0 Å². The summed E-state index contributed by atoms with van der Waals surface area (Å²) in [6.07, 6.45) is 1.12. The fourth-order valence-corrected chi connectivity index (χ4v) is 1.91. The molecule has 0 aliphatic heterocycles. The minimum Gasteiger partial charge on any atom is -0.310 e. The molecule has 1 aromatic rings.